The van der Waals surface area contributed by atoms with Crippen molar-refractivity contribution in [3.63, 3.8) is 0 Å². The van der Waals surface area contributed by atoms with E-state index in [9.17, 15) is 4.79 Å². The van der Waals surface area contributed by atoms with Crippen molar-refractivity contribution in [3.05, 3.63) is 75.3 Å². The molecule has 2 aromatic heterocycles. The molecule has 4 rings (SSSR count). The van der Waals surface area contributed by atoms with Crippen LogP contribution in [0.3, 0.4) is 0 Å². The Morgan fingerprint density at radius 3 is 2.91 bits per heavy atom. The molecular weight excluding hydrogens is 288 g/mol. The normalized spacial score (nSPS) is 13.3. The Balaban J connectivity index is 1.59. The molecule has 3 aromatic rings. The van der Waals surface area contributed by atoms with Gasteiger partial charge in [-0.15, -0.1) is 0 Å². The van der Waals surface area contributed by atoms with Gasteiger partial charge in [0.1, 0.15) is 18.0 Å². The van der Waals surface area contributed by atoms with Crippen LogP contribution in [0.1, 0.15) is 28.8 Å². The molecule has 0 bridgehead atoms. The van der Waals surface area contributed by atoms with Crippen LogP contribution in [0.5, 0.6) is 5.75 Å². The molecule has 0 saturated carbocycles. The van der Waals surface area contributed by atoms with Crippen LogP contribution in [-0.2, 0) is 19.4 Å². The van der Waals surface area contributed by atoms with Crippen molar-refractivity contribution in [2.45, 2.75) is 32.8 Å². The van der Waals surface area contributed by atoms with Crippen molar-refractivity contribution in [2.75, 3.05) is 0 Å². The summed E-state index contributed by atoms with van der Waals surface area (Å²) in [4.78, 5) is 16.7. The lowest BCUT2D eigenvalue weighted by Crippen LogP contribution is -2.16. The molecule has 0 fully saturated rings. The monoisotopic (exact) mass is 306 g/mol. The molecular formula is C19H18N2O2. The molecule has 2 heterocycles. The molecule has 116 valence electrons. The lowest BCUT2D eigenvalue weighted by atomic mass is 10.1. The minimum Gasteiger partial charge on any atom is -0.487 e. The lowest BCUT2D eigenvalue weighted by Gasteiger charge is -2.09. The molecule has 1 aliphatic rings. The predicted octanol–water partition coefficient (Wildman–Crippen LogP) is 3.07. The van der Waals surface area contributed by atoms with Crippen LogP contribution in [0.4, 0.5) is 0 Å². The zero-order valence-corrected chi connectivity index (χ0v) is 13.1. The fourth-order valence-electron chi connectivity index (χ4n) is 3.12. The predicted molar refractivity (Wildman–Crippen MR) is 89.0 cm³/mol. The maximum Gasteiger partial charge on any atom is 0.258 e. The summed E-state index contributed by atoms with van der Waals surface area (Å²) in [6, 6.07) is 11.6. The van der Waals surface area contributed by atoms with Crippen molar-refractivity contribution in [3.8, 4) is 5.75 Å². The van der Waals surface area contributed by atoms with Crippen LogP contribution in [0, 0.1) is 6.92 Å². The third-order valence-electron chi connectivity index (χ3n) is 4.33. The van der Waals surface area contributed by atoms with Crippen molar-refractivity contribution in [1.82, 2.24) is 9.38 Å². The van der Waals surface area contributed by atoms with Gasteiger partial charge in [-0.1, -0.05) is 6.07 Å². The average Bonchev–Trinajstić information content (AvgIpc) is 3.00. The van der Waals surface area contributed by atoms with Crippen LogP contribution in [0.2, 0.25) is 0 Å². The summed E-state index contributed by atoms with van der Waals surface area (Å²) in [6.07, 6.45) is 5.27. The van der Waals surface area contributed by atoms with Gasteiger partial charge in [0.2, 0.25) is 0 Å². The van der Waals surface area contributed by atoms with E-state index in [1.54, 1.807) is 10.6 Å². The highest BCUT2D eigenvalue weighted by Gasteiger charge is 2.11. The van der Waals surface area contributed by atoms with Gasteiger partial charge in [0.25, 0.3) is 5.56 Å². The lowest BCUT2D eigenvalue weighted by molar-refractivity contribution is 0.301. The second kappa shape index (κ2) is 5.54. The Bertz CT molecular complexity index is 944. The van der Waals surface area contributed by atoms with E-state index in [-0.39, 0.29) is 5.56 Å². The smallest absolute Gasteiger partial charge is 0.258 e. The third kappa shape index (κ3) is 2.72. The van der Waals surface area contributed by atoms with E-state index in [0.717, 1.165) is 24.2 Å². The first-order valence-electron chi connectivity index (χ1n) is 7.92. The maximum atomic E-state index is 12.1. The Hall–Kier alpha value is -2.62. The number of pyridine rings is 1. The highest BCUT2D eigenvalue weighted by Crippen LogP contribution is 2.26. The molecule has 0 atom stereocenters. The van der Waals surface area contributed by atoms with Gasteiger partial charge >= 0.3 is 0 Å². The van der Waals surface area contributed by atoms with Crippen LogP contribution in [0.15, 0.2) is 47.4 Å². The first kappa shape index (κ1) is 14.0. The Labute approximate surface area is 134 Å². The number of hydrogen-bond donors (Lipinski definition) is 0. The van der Waals surface area contributed by atoms with Gasteiger partial charge in [0.05, 0.1) is 5.69 Å². The number of aryl methyl sites for hydroxylation is 3. The van der Waals surface area contributed by atoms with E-state index in [4.69, 9.17) is 4.74 Å². The summed E-state index contributed by atoms with van der Waals surface area (Å²) < 4.78 is 7.39. The maximum absolute atomic E-state index is 12.1. The van der Waals surface area contributed by atoms with Gasteiger partial charge in [-0.05, 0) is 67.1 Å². The average molecular weight is 306 g/mol. The van der Waals surface area contributed by atoms with E-state index in [1.807, 2.05) is 25.1 Å². The Morgan fingerprint density at radius 2 is 2.00 bits per heavy atom. The van der Waals surface area contributed by atoms with Crippen molar-refractivity contribution < 1.29 is 4.74 Å². The number of ether oxygens (including phenoxy) is 1. The van der Waals surface area contributed by atoms with Gasteiger partial charge in [-0.25, -0.2) is 4.98 Å². The fraction of sp³-hybridized carbons (Fsp3) is 0.263. The highest BCUT2D eigenvalue weighted by atomic mass is 16.5. The van der Waals surface area contributed by atoms with Gasteiger partial charge < -0.3 is 4.74 Å². The van der Waals surface area contributed by atoms with Gasteiger partial charge in [-0.3, -0.25) is 9.20 Å². The summed E-state index contributed by atoms with van der Waals surface area (Å²) in [6.45, 7) is 2.29. The van der Waals surface area contributed by atoms with E-state index < -0.39 is 0 Å². The minimum absolute atomic E-state index is 0.0810. The zero-order chi connectivity index (χ0) is 15.8. The zero-order valence-electron chi connectivity index (χ0n) is 13.1. The second-order valence-electron chi connectivity index (χ2n) is 6.09. The Morgan fingerprint density at radius 1 is 1.13 bits per heavy atom. The first-order valence-corrected chi connectivity index (χ1v) is 7.92. The van der Waals surface area contributed by atoms with Gasteiger partial charge in [0.15, 0.2) is 0 Å². The quantitative estimate of drug-likeness (QED) is 0.747. The highest BCUT2D eigenvalue weighted by molar-refractivity contribution is 5.41. The van der Waals surface area contributed by atoms with Gasteiger partial charge in [0, 0.05) is 12.3 Å². The summed E-state index contributed by atoms with van der Waals surface area (Å²) in [7, 11) is 0. The summed E-state index contributed by atoms with van der Waals surface area (Å²) in [5, 5.41) is 0. The second-order valence-corrected chi connectivity index (χ2v) is 6.09. The third-order valence-corrected chi connectivity index (χ3v) is 4.33. The number of benzene rings is 1. The number of aromatic nitrogens is 2. The largest absolute Gasteiger partial charge is 0.487 e. The van der Waals surface area contributed by atoms with Crippen LogP contribution < -0.4 is 10.3 Å². The molecule has 0 saturated heterocycles. The molecule has 0 amide bonds. The van der Waals surface area contributed by atoms with Crippen molar-refractivity contribution in [1.29, 1.82) is 0 Å². The molecule has 23 heavy (non-hydrogen) atoms. The fourth-order valence-corrected chi connectivity index (χ4v) is 3.12. The van der Waals surface area contributed by atoms with Crippen molar-refractivity contribution in [2.24, 2.45) is 0 Å². The number of fused-ring (bicyclic) bond motifs is 2. The molecule has 0 unspecified atom stereocenters. The number of nitrogens with zero attached hydrogens (tertiary/aromatic N) is 2. The van der Waals surface area contributed by atoms with Crippen LogP contribution in [0.25, 0.3) is 5.65 Å². The topological polar surface area (TPSA) is 43.6 Å². The molecule has 0 N–H and O–H groups in total. The molecule has 4 heteroatoms. The van der Waals surface area contributed by atoms with E-state index in [1.165, 1.54) is 23.6 Å². The molecule has 0 radical (unpaired) electrons. The van der Waals surface area contributed by atoms with Gasteiger partial charge in [-0.2, -0.15) is 0 Å². The van der Waals surface area contributed by atoms with E-state index >= 15 is 0 Å². The SMILES string of the molecule is Cc1ccn2c(=O)cc(COc3ccc4c(c3)CCC4)nc2c1. The standard InChI is InChI=1S/C19H18N2O2/c1-13-7-8-21-18(9-13)20-16(11-19(21)22)12-23-17-6-5-14-3-2-4-15(14)10-17/h5-11H,2-4,12H2,1H3. The molecule has 0 aliphatic heterocycles. The number of rotatable bonds is 3. The molecule has 1 aliphatic carbocycles. The molecule has 0 spiro atoms. The first-order chi connectivity index (χ1) is 11.2. The Kier molecular flexibility index (Phi) is 3.37. The molecule has 4 nitrogen and oxygen atoms in total. The molecule has 1 aromatic carbocycles. The summed E-state index contributed by atoms with van der Waals surface area (Å²) >= 11 is 0. The van der Waals surface area contributed by atoms with E-state index in [2.05, 4.69) is 17.1 Å². The van der Waals surface area contributed by atoms with Crippen LogP contribution >= 0.6 is 0 Å². The minimum atomic E-state index is -0.0810. The van der Waals surface area contributed by atoms with Crippen LogP contribution in [-0.4, -0.2) is 9.38 Å². The number of hydrogen-bond acceptors (Lipinski definition) is 3. The van der Waals surface area contributed by atoms with Crippen molar-refractivity contribution >= 4 is 5.65 Å². The summed E-state index contributed by atoms with van der Waals surface area (Å²) in [5.41, 5.74) is 5.11. The van der Waals surface area contributed by atoms with E-state index in [0.29, 0.717) is 17.9 Å². The summed E-state index contributed by atoms with van der Waals surface area (Å²) in [5.74, 6) is 0.844.